The van der Waals surface area contributed by atoms with Gasteiger partial charge in [-0.25, -0.2) is 9.18 Å². The molecule has 2 unspecified atom stereocenters. The molecule has 11 heteroatoms. The summed E-state index contributed by atoms with van der Waals surface area (Å²) in [4.78, 5) is 24.8. The topological polar surface area (TPSA) is 87.1 Å². The Hall–Kier alpha value is -3.63. The van der Waals surface area contributed by atoms with Crippen LogP contribution in [0.5, 0.6) is 5.75 Å². The maximum atomic E-state index is 14.6. The third kappa shape index (κ3) is 4.58. The normalized spacial score (nSPS) is 15.9. The number of fused-ring (bicyclic) bond motifs is 1. The number of amides is 1. The number of benzene rings is 3. The molecule has 4 rings (SSSR count). The molecule has 0 saturated heterocycles. The number of alkyl halides is 3. The summed E-state index contributed by atoms with van der Waals surface area (Å²) < 4.78 is 62.8. The van der Waals surface area contributed by atoms with E-state index in [1.54, 1.807) is 6.92 Å². The minimum atomic E-state index is -5.15. The number of anilines is 1. The monoisotopic (exact) mass is 551 g/mol. The fourth-order valence-corrected chi connectivity index (χ4v) is 4.94. The highest BCUT2D eigenvalue weighted by molar-refractivity contribution is 6.31. The number of ether oxygens (including phenoxy) is 1. The first-order valence-electron chi connectivity index (χ1n) is 11.5. The molecule has 6 nitrogen and oxygen atoms in total. The van der Waals surface area contributed by atoms with Gasteiger partial charge in [0.2, 0.25) is 0 Å². The van der Waals surface area contributed by atoms with Gasteiger partial charge in [0.05, 0.1) is 11.3 Å². The lowest BCUT2D eigenvalue weighted by atomic mass is 9.77. The van der Waals surface area contributed by atoms with Crippen molar-refractivity contribution in [3.8, 4) is 16.9 Å². The molecule has 2 atom stereocenters. The highest BCUT2D eigenvalue weighted by Crippen LogP contribution is 2.51. The summed E-state index contributed by atoms with van der Waals surface area (Å²) in [5.74, 6) is -4.23. The molecule has 38 heavy (non-hydrogen) atoms. The van der Waals surface area contributed by atoms with E-state index in [0.717, 1.165) is 24.3 Å². The fourth-order valence-electron chi connectivity index (χ4n) is 4.60. The third-order valence-corrected chi connectivity index (χ3v) is 7.04. The largest absolute Gasteiger partial charge is 0.482 e. The van der Waals surface area contributed by atoms with Crippen molar-refractivity contribution in [2.24, 2.45) is 0 Å². The number of carbonyl (C=O) groups excluding carboxylic acids is 1. The smallest absolute Gasteiger partial charge is 0.422 e. The molecular weight excluding hydrogens is 530 g/mol. The van der Waals surface area contributed by atoms with Gasteiger partial charge in [-0.05, 0) is 59.5 Å². The van der Waals surface area contributed by atoms with E-state index in [-0.39, 0.29) is 40.7 Å². The lowest BCUT2D eigenvalue weighted by molar-refractivity contribution is -0.274. The molecule has 1 aliphatic heterocycles. The number of rotatable bonds is 6. The second-order valence-electron chi connectivity index (χ2n) is 8.83. The summed E-state index contributed by atoms with van der Waals surface area (Å²) in [5.41, 5.74) is -3.77. The summed E-state index contributed by atoms with van der Waals surface area (Å²) in [6.07, 6.45) is -5.15. The standard InChI is InChI=1S/C27H22ClF4NO5/c1-3-33-22-12-17(6-9-23(22)38-13-24(33)34)26(37,27(30,31)32)14(2)18-7-4-16(11-20(18)28)15-5-8-21(29)19(10-15)25(35)36/h4-12,14,37H,3,13H2,1-2H3,(H,35,36). The van der Waals surface area contributed by atoms with Gasteiger partial charge in [0.15, 0.2) is 12.2 Å². The minimum absolute atomic E-state index is 0.0341. The Kier molecular flexibility index (Phi) is 7.15. The van der Waals surface area contributed by atoms with E-state index in [9.17, 15) is 37.4 Å². The molecule has 0 fully saturated rings. The van der Waals surface area contributed by atoms with Crippen LogP contribution >= 0.6 is 11.6 Å². The van der Waals surface area contributed by atoms with Crippen LogP contribution in [-0.2, 0) is 10.4 Å². The lowest BCUT2D eigenvalue weighted by Gasteiger charge is -2.38. The zero-order valence-corrected chi connectivity index (χ0v) is 20.9. The molecule has 2 N–H and O–H groups in total. The molecule has 0 aromatic heterocycles. The van der Waals surface area contributed by atoms with E-state index >= 15 is 0 Å². The van der Waals surface area contributed by atoms with Crippen LogP contribution in [0.15, 0.2) is 54.6 Å². The summed E-state index contributed by atoms with van der Waals surface area (Å²) in [6, 6.07) is 10.9. The Morgan fingerprint density at radius 3 is 2.37 bits per heavy atom. The molecule has 0 bridgehead atoms. The van der Waals surface area contributed by atoms with Gasteiger partial charge in [0.25, 0.3) is 5.91 Å². The van der Waals surface area contributed by atoms with Crippen LogP contribution in [0.25, 0.3) is 11.1 Å². The van der Waals surface area contributed by atoms with Gasteiger partial charge >= 0.3 is 12.1 Å². The number of halogens is 5. The van der Waals surface area contributed by atoms with Crippen molar-refractivity contribution in [2.75, 3.05) is 18.1 Å². The molecule has 3 aromatic carbocycles. The highest BCUT2D eigenvalue weighted by Gasteiger charge is 2.59. The van der Waals surface area contributed by atoms with E-state index < -0.39 is 46.5 Å². The number of likely N-dealkylation sites (N-methyl/N-ethyl adjacent to an activating group) is 1. The second kappa shape index (κ2) is 9.92. The Labute approximate surface area is 220 Å². The van der Waals surface area contributed by atoms with Crippen LogP contribution in [0.3, 0.4) is 0 Å². The van der Waals surface area contributed by atoms with Crippen LogP contribution in [0.4, 0.5) is 23.2 Å². The summed E-state index contributed by atoms with van der Waals surface area (Å²) in [5, 5.41) is 20.3. The molecule has 0 aliphatic carbocycles. The molecule has 0 spiro atoms. The van der Waals surface area contributed by atoms with E-state index in [4.69, 9.17) is 16.3 Å². The van der Waals surface area contributed by atoms with Gasteiger partial charge in [0, 0.05) is 17.5 Å². The third-order valence-electron chi connectivity index (χ3n) is 6.71. The van der Waals surface area contributed by atoms with Crippen molar-refractivity contribution < 1.29 is 42.1 Å². The number of hydrogen-bond acceptors (Lipinski definition) is 4. The zero-order chi connectivity index (χ0) is 28.0. The molecule has 1 aliphatic rings. The molecule has 3 aromatic rings. The minimum Gasteiger partial charge on any atom is -0.482 e. The number of carbonyl (C=O) groups is 2. The lowest BCUT2D eigenvalue weighted by Crippen LogP contribution is -2.47. The van der Waals surface area contributed by atoms with E-state index in [1.807, 2.05) is 0 Å². The molecular formula is C27H22ClF4NO5. The van der Waals surface area contributed by atoms with Crippen LogP contribution in [0.2, 0.25) is 5.02 Å². The molecule has 0 radical (unpaired) electrons. The van der Waals surface area contributed by atoms with Gasteiger partial charge in [-0.3, -0.25) is 4.79 Å². The first-order chi connectivity index (χ1) is 17.8. The number of carboxylic acids is 1. The zero-order valence-electron chi connectivity index (χ0n) is 20.1. The molecule has 1 heterocycles. The van der Waals surface area contributed by atoms with Crippen LogP contribution in [0.1, 0.15) is 41.3 Å². The Balaban J connectivity index is 1.78. The average Bonchev–Trinajstić information content (AvgIpc) is 2.86. The maximum Gasteiger partial charge on any atom is 0.422 e. The SMILES string of the molecule is CCN1C(=O)COc2ccc(C(O)(C(C)c3ccc(-c4ccc(F)c(C(=O)O)c4)cc3Cl)C(F)(F)F)cc21. The van der Waals surface area contributed by atoms with E-state index in [2.05, 4.69) is 0 Å². The van der Waals surface area contributed by atoms with Crippen molar-refractivity contribution in [2.45, 2.75) is 31.5 Å². The van der Waals surface area contributed by atoms with Crippen molar-refractivity contribution >= 4 is 29.2 Å². The van der Waals surface area contributed by atoms with Crippen LogP contribution in [0, 0.1) is 5.82 Å². The first kappa shape index (κ1) is 27.4. The van der Waals surface area contributed by atoms with Crippen molar-refractivity contribution in [1.82, 2.24) is 0 Å². The number of nitrogens with zero attached hydrogens (tertiary/aromatic N) is 1. The quantitative estimate of drug-likeness (QED) is 0.359. The predicted octanol–water partition coefficient (Wildman–Crippen LogP) is 6.14. The number of carboxylic acid groups (broad SMARTS) is 1. The van der Waals surface area contributed by atoms with Crippen molar-refractivity contribution in [3.05, 3.63) is 82.1 Å². The van der Waals surface area contributed by atoms with E-state index in [0.29, 0.717) is 5.56 Å². The highest BCUT2D eigenvalue weighted by atomic mass is 35.5. The second-order valence-corrected chi connectivity index (χ2v) is 9.24. The van der Waals surface area contributed by atoms with Gasteiger partial charge in [-0.2, -0.15) is 13.2 Å². The van der Waals surface area contributed by atoms with Gasteiger partial charge in [-0.1, -0.05) is 42.8 Å². The maximum absolute atomic E-state index is 14.6. The van der Waals surface area contributed by atoms with Crippen molar-refractivity contribution in [3.63, 3.8) is 0 Å². The summed E-state index contributed by atoms with van der Waals surface area (Å²) in [6.45, 7) is 2.79. The fraction of sp³-hybridized carbons (Fsp3) is 0.259. The summed E-state index contributed by atoms with van der Waals surface area (Å²) in [7, 11) is 0. The Morgan fingerprint density at radius 2 is 1.76 bits per heavy atom. The summed E-state index contributed by atoms with van der Waals surface area (Å²) >= 11 is 6.39. The van der Waals surface area contributed by atoms with Gasteiger partial charge in [0.1, 0.15) is 11.6 Å². The van der Waals surface area contributed by atoms with Gasteiger partial charge < -0.3 is 19.8 Å². The average molecular weight is 552 g/mol. The molecule has 0 saturated carbocycles. The number of aliphatic hydroxyl groups is 1. The predicted molar refractivity (Wildman–Crippen MR) is 132 cm³/mol. The number of aromatic carboxylic acids is 1. The molecule has 200 valence electrons. The first-order valence-corrected chi connectivity index (χ1v) is 11.9. The van der Waals surface area contributed by atoms with Crippen LogP contribution < -0.4 is 9.64 Å². The molecule has 1 amide bonds. The van der Waals surface area contributed by atoms with Crippen LogP contribution in [-0.4, -0.2) is 41.4 Å². The van der Waals surface area contributed by atoms with Gasteiger partial charge in [-0.15, -0.1) is 0 Å². The Morgan fingerprint density at radius 1 is 1.11 bits per heavy atom. The van der Waals surface area contributed by atoms with Crippen molar-refractivity contribution in [1.29, 1.82) is 0 Å². The van der Waals surface area contributed by atoms with E-state index in [1.165, 1.54) is 42.2 Å². The Bertz CT molecular complexity index is 1430. The number of hydrogen-bond donors (Lipinski definition) is 2.